The van der Waals surface area contributed by atoms with Gasteiger partial charge in [-0.15, -0.1) is 5.10 Å². The molecule has 0 aliphatic heterocycles. The Labute approximate surface area is 142 Å². The molecule has 0 bridgehead atoms. The molecule has 2 heterocycles. The van der Waals surface area contributed by atoms with Crippen LogP contribution in [0.15, 0.2) is 6.20 Å². The summed E-state index contributed by atoms with van der Waals surface area (Å²) in [6.07, 6.45) is 3.46. The van der Waals surface area contributed by atoms with E-state index in [9.17, 15) is 0 Å². The van der Waals surface area contributed by atoms with Gasteiger partial charge in [0.2, 0.25) is 10.1 Å². The van der Waals surface area contributed by atoms with E-state index in [4.69, 9.17) is 14.8 Å². The van der Waals surface area contributed by atoms with Crippen molar-refractivity contribution in [1.29, 1.82) is 0 Å². The lowest BCUT2D eigenvalue weighted by molar-refractivity contribution is -0.104. The fourth-order valence-electron chi connectivity index (χ4n) is 3.33. The van der Waals surface area contributed by atoms with Crippen LogP contribution >= 0.6 is 11.3 Å². The van der Waals surface area contributed by atoms with Gasteiger partial charge < -0.3 is 9.64 Å². The molecule has 2 unspecified atom stereocenters. The molecule has 0 radical (unpaired) electrons. The van der Waals surface area contributed by atoms with Crippen LogP contribution in [0.4, 0.5) is 5.13 Å². The molecule has 5 nitrogen and oxygen atoms in total. The van der Waals surface area contributed by atoms with E-state index < -0.39 is 0 Å². The number of rotatable bonds is 4. The van der Waals surface area contributed by atoms with Crippen molar-refractivity contribution in [3.05, 3.63) is 11.9 Å². The van der Waals surface area contributed by atoms with Crippen molar-refractivity contribution >= 4 is 21.4 Å². The number of hydrogen-bond donors (Lipinski definition) is 0. The topological polar surface area (TPSA) is 42.7 Å². The van der Waals surface area contributed by atoms with Crippen LogP contribution in [0.25, 0.3) is 4.96 Å². The van der Waals surface area contributed by atoms with Crippen LogP contribution in [0.2, 0.25) is 0 Å². The summed E-state index contributed by atoms with van der Waals surface area (Å²) < 4.78 is 7.76. The number of ether oxygens (including phenoxy) is 1. The van der Waals surface area contributed by atoms with Crippen molar-refractivity contribution in [1.82, 2.24) is 14.6 Å². The maximum Gasteiger partial charge on any atom is 0.214 e. The highest BCUT2D eigenvalue weighted by atomic mass is 32.1. The minimum atomic E-state index is 0.0557. The average Bonchev–Trinajstić information content (AvgIpc) is 3.00. The number of nitrogens with zero attached hydrogens (tertiary/aromatic N) is 4. The van der Waals surface area contributed by atoms with Crippen LogP contribution in [0, 0.1) is 5.41 Å². The molecule has 0 saturated heterocycles. The van der Waals surface area contributed by atoms with Crippen LogP contribution < -0.4 is 4.90 Å². The lowest BCUT2D eigenvalue weighted by Crippen LogP contribution is -2.61. The Morgan fingerprint density at radius 2 is 2.13 bits per heavy atom. The molecule has 0 aromatic carbocycles. The quantitative estimate of drug-likeness (QED) is 0.853. The largest absolute Gasteiger partial charge is 0.378 e. The summed E-state index contributed by atoms with van der Waals surface area (Å²) in [5.74, 6) is 0. The molecule has 1 aliphatic carbocycles. The molecule has 23 heavy (non-hydrogen) atoms. The van der Waals surface area contributed by atoms with Gasteiger partial charge in [0, 0.05) is 30.5 Å². The van der Waals surface area contributed by atoms with E-state index in [1.807, 2.05) is 4.52 Å². The Hall–Kier alpha value is -1.14. The fraction of sp³-hybridized carbons (Fsp3) is 0.765. The molecule has 3 rings (SSSR count). The van der Waals surface area contributed by atoms with Crippen LogP contribution in [0.1, 0.15) is 53.7 Å². The van der Waals surface area contributed by atoms with Gasteiger partial charge in [-0.25, -0.2) is 9.50 Å². The number of fused-ring (bicyclic) bond motifs is 1. The number of imidazole rings is 1. The Kier molecular flexibility index (Phi) is 3.96. The van der Waals surface area contributed by atoms with Crippen molar-refractivity contribution < 1.29 is 4.74 Å². The summed E-state index contributed by atoms with van der Waals surface area (Å²) in [6.45, 7) is 14.0. The number of anilines is 1. The molecule has 2 atom stereocenters. The zero-order valence-corrected chi connectivity index (χ0v) is 16.1. The summed E-state index contributed by atoms with van der Waals surface area (Å²) in [6, 6.07) is 0.456. The van der Waals surface area contributed by atoms with E-state index in [1.54, 1.807) is 11.3 Å². The van der Waals surface area contributed by atoms with Crippen molar-refractivity contribution in [2.45, 2.75) is 65.5 Å². The maximum atomic E-state index is 5.85. The first-order valence-corrected chi connectivity index (χ1v) is 9.17. The van der Waals surface area contributed by atoms with E-state index in [0.717, 1.165) is 28.8 Å². The van der Waals surface area contributed by atoms with E-state index >= 15 is 0 Å². The second-order valence-electron chi connectivity index (χ2n) is 8.12. The first-order valence-electron chi connectivity index (χ1n) is 8.35. The molecule has 1 fully saturated rings. The summed E-state index contributed by atoms with van der Waals surface area (Å²) in [4.78, 5) is 8.00. The molecule has 1 aliphatic rings. The molecule has 2 aromatic heterocycles. The van der Waals surface area contributed by atoms with E-state index in [0.29, 0.717) is 12.1 Å². The maximum absolute atomic E-state index is 5.85. The van der Waals surface area contributed by atoms with Gasteiger partial charge in [0.1, 0.15) is 0 Å². The Morgan fingerprint density at radius 1 is 1.43 bits per heavy atom. The Balaban J connectivity index is 1.80. The third-order valence-electron chi connectivity index (χ3n) is 5.06. The van der Waals surface area contributed by atoms with Gasteiger partial charge in [-0.1, -0.05) is 46.0 Å². The summed E-state index contributed by atoms with van der Waals surface area (Å²) in [5.41, 5.74) is 1.29. The Bertz CT molecular complexity index is 666. The molecule has 0 spiro atoms. The van der Waals surface area contributed by atoms with Gasteiger partial charge in [-0.05, 0) is 13.3 Å². The predicted molar refractivity (Wildman–Crippen MR) is 95.6 cm³/mol. The third kappa shape index (κ3) is 2.76. The highest BCUT2D eigenvalue weighted by Crippen LogP contribution is 2.47. The molecule has 2 aromatic rings. The standard InChI is InChI=1S/C17H28N4OS/c1-8-22-13-9-12(17(13,5)6)20(7)15-19-21-10-11(16(2,3)4)18-14(21)23-15/h10,12-13H,8-9H2,1-7H3. The van der Waals surface area contributed by atoms with Crippen LogP contribution in [-0.2, 0) is 10.2 Å². The van der Waals surface area contributed by atoms with E-state index in [1.165, 1.54) is 0 Å². The van der Waals surface area contributed by atoms with Crippen LogP contribution in [0.3, 0.4) is 0 Å². The normalized spacial score (nSPS) is 24.0. The fourth-order valence-corrected chi connectivity index (χ4v) is 4.23. The van der Waals surface area contributed by atoms with Crippen molar-refractivity contribution in [2.24, 2.45) is 5.41 Å². The van der Waals surface area contributed by atoms with Crippen molar-refractivity contribution in [3.63, 3.8) is 0 Å². The van der Waals surface area contributed by atoms with E-state index in [-0.39, 0.29) is 10.8 Å². The Morgan fingerprint density at radius 3 is 2.65 bits per heavy atom. The molecule has 128 valence electrons. The lowest BCUT2D eigenvalue weighted by atomic mass is 9.64. The van der Waals surface area contributed by atoms with Gasteiger partial charge >= 0.3 is 0 Å². The lowest BCUT2D eigenvalue weighted by Gasteiger charge is -2.54. The highest BCUT2D eigenvalue weighted by molar-refractivity contribution is 7.20. The molecular formula is C17H28N4OS. The van der Waals surface area contributed by atoms with Gasteiger partial charge in [-0.2, -0.15) is 0 Å². The summed E-state index contributed by atoms with van der Waals surface area (Å²) >= 11 is 1.66. The number of aromatic nitrogens is 3. The SMILES string of the molecule is CCOC1CC(N(C)c2nn3cc(C(C)(C)C)nc3s2)C1(C)C. The summed E-state index contributed by atoms with van der Waals surface area (Å²) in [5, 5.41) is 5.77. The monoisotopic (exact) mass is 336 g/mol. The average molecular weight is 337 g/mol. The van der Waals surface area contributed by atoms with Gasteiger partial charge in [0.25, 0.3) is 0 Å². The number of hydrogen-bond acceptors (Lipinski definition) is 5. The first-order chi connectivity index (χ1) is 10.6. The summed E-state index contributed by atoms with van der Waals surface area (Å²) in [7, 11) is 2.14. The smallest absolute Gasteiger partial charge is 0.214 e. The highest BCUT2D eigenvalue weighted by Gasteiger charge is 2.51. The zero-order chi connectivity index (χ0) is 17.0. The van der Waals surface area contributed by atoms with Gasteiger partial charge in [0.05, 0.1) is 18.0 Å². The zero-order valence-electron chi connectivity index (χ0n) is 15.3. The molecule has 6 heteroatoms. The van der Waals surface area contributed by atoms with Gasteiger partial charge in [-0.3, -0.25) is 0 Å². The van der Waals surface area contributed by atoms with E-state index in [2.05, 4.69) is 59.7 Å². The molecular weight excluding hydrogens is 308 g/mol. The van der Waals surface area contributed by atoms with Gasteiger partial charge in [0.15, 0.2) is 0 Å². The predicted octanol–water partition coefficient (Wildman–Crippen LogP) is 3.73. The second kappa shape index (κ2) is 5.45. The molecule has 0 amide bonds. The molecule has 0 N–H and O–H groups in total. The van der Waals surface area contributed by atoms with Crippen LogP contribution in [0.5, 0.6) is 0 Å². The van der Waals surface area contributed by atoms with Crippen molar-refractivity contribution in [2.75, 3.05) is 18.6 Å². The minimum absolute atomic E-state index is 0.0557. The minimum Gasteiger partial charge on any atom is -0.378 e. The molecule has 1 saturated carbocycles. The van der Waals surface area contributed by atoms with Crippen molar-refractivity contribution in [3.8, 4) is 0 Å². The second-order valence-corrected chi connectivity index (χ2v) is 9.05. The van der Waals surface area contributed by atoms with Crippen LogP contribution in [-0.4, -0.2) is 40.4 Å². The third-order valence-corrected chi connectivity index (χ3v) is 6.08. The first kappa shape index (κ1) is 16.7.